The molecule has 1 aromatic carbocycles. The van der Waals surface area contributed by atoms with E-state index in [1.54, 1.807) is 19.1 Å². The van der Waals surface area contributed by atoms with Crippen LogP contribution in [0.2, 0.25) is 0 Å². The number of hydrogen-bond donors (Lipinski definition) is 1. The summed E-state index contributed by atoms with van der Waals surface area (Å²) in [6, 6.07) is 10.9. The molecule has 1 aliphatic carbocycles. The van der Waals surface area contributed by atoms with Gasteiger partial charge in [0.05, 0.1) is 0 Å². The summed E-state index contributed by atoms with van der Waals surface area (Å²) in [5, 5.41) is 27.6. The summed E-state index contributed by atoms with van der Waals surface area (Å²) < 4.78 is 0. The van der Waals surface area contributed by atoms with Gasteiger partial charge in [-0.05, 0) is 12.5 Å². The zero-order chi connectivity index (χ0) is 11.7. The Labute approximate surface area is 93.2 Å². The maximum atomic E-state index is 9.89. The lowest BCUT2D eigenvalue weighted by molar-refractivity contribution is 0.510. The summed E-state index contributed by atoms with van der Waals surface area (Å²) in [6.45, 7) is 1.71. The number of nitrogens with zero attached hydrogens (tertiary/aromatic N) is 2. The van der Waals surface area contributed by atoms with Crippen LogP contribution in [-0.4, -0.2) is 5.11 Å². The molecule has 0 spiro atoms. The third-order valence-electron chi connectivity index (χ3n) is 2.66. The van der Waals surface area contributed by atoms with Crippen LogP contribution >= 0.6 is 0 Å². The molecule has 0 aromatic heterocycles. The average molecular weight is 208 g/mol. The molecular weight excluding hydrogens is 200 g/mol. The molecule has 0 saturated carbocycles. The van der Waals surface area contributed by atoms with Crippen molar-refractivity contribution in [1.29, 1.82) is 10.5 Å². The number of nitriles is 2. The fourth-order valence-corrected chi connectivity index (χ4v) is 1.89. The summed E-state index contributed by atoms with van der Waals surface area (Å²) >= 11 is 0. The van der Waals surface area contributed by atoms with E-state index >= 15 is 0 Å². The lowest BCUT2D eigenvalue weighted by atomic mass is 9.99. The van der Waals surface area contributed by atoms with Crippen molar-refractivity contribution in [1.82, 2.24) is 0 Å². The minimum absolute atomic E-state index is 0.0361. The monoisotopic (exact) mass is 208 g/mol. The number of aliphatic hydroxyl groups is 1. The van der Waals surface area contributed by atoms with Crippen LogP contribution in [-0.2, 0) is 0 Å². The van der Waals surface area contributed by atoms with Crippen molar-refractivity contribution in [3.8, 4) is 12.1 Å². The zero-order valence-electron chi connectivity index (χ0n) is 8.65. The number of rotatable bonds is 0. The summed E-state index contributed by atoms with van der Waals surface area (Å²) in [7, 11) is 0. The highest BCUT2D eigenvalue weighted by atomic mass is 16.3. The minimum atomic E-state index is 0.0361. The first kappa shape index (κ1) is 10.0. The number of allylic oxidation sites excluding steroid dienone is 3. The Hall–Kier alpha value is -2.52. The van der Waals surface area contributed by atoms with Gasteiger partial charge in [-0.1, -0.05) is 24.3 Å². The van der Waals surface area contributed by atoms with Crippen molar-refractivity contribution in [2.24, 2.45) is 0 Å². The Kier molecular flexibility index (Phi) is 2.23. The Bertz CT molecular complexity index is 594. The molecule has 1 aliphatic rings. The van der Waals surface area contributed by atoms with Gasteiger partial charge in [0.25, 0.3) is 0 Å². The van der Waals surface area contributed by atoms with Crippen LogP contribution in [0.1, 0.15) is 18.1 Å². The molecule has 0 saturated heterocycles. The summed E-state index contributed by atoms with van der Waals surface area (Å²) in [6.07, 6.45) is 0. The van der Waals surface area contributed by atoms with E-state index in [2.05, 4.69) is 0 Å². The third-order valence-corrected chi connectivity index (χ3v) is 2.66. The molecule has 16 heavy (non-hydrogen) atoms. The first-order valence-corrected chi connectivity index (χ1v) is 4.75. The van der Waals surface area contributed by atoms with Gasteiger partial charge in [0.1, 0.15) is 23.5 Å². The van der Waals surface area contributed by atoms with E-state index in [0.717, 1.165) is 5.56 Å². The maximum Gasteiger partial charge on any atom is 0.137 e. The largest absolute Gasteiger partial charge is 0.507 e. The van der Waals surface area contributed by atoms with Gasteiger partial charge in [-0.2, -0.15) is 10.5 Å². The lowest BCUT2D eigenvalue weighted by Crippen LogP contribution is -1.87. The van der Waals surface area contributed by atoms with Crippen LogP contribution in [0.4, 0.5) is 0 Å². The molecule has 0 aliphatic heterocycles. The number of fused-ring (bicyclic) bond motifs is 1. The molecule has 0 amide bonds. The second-order valence-corrected chi connectivity index (χ2v) is 3.49. The Morgan fingerprint density at radius 2 is 1.69 bits per heavy atom. The second kappa shape index (κ2) is 3.56. The van der Waals surface area contributed by atoms with Gasteiger partial charge in [0.15, 0.2) is 0 Å². The standard InChI is InChI=1S/C13H8N2O/c1-8-12(9(6-14)7-15)10-4-2-3-5-11(10)13(8)16/h2-5,16H,1H3. The predicted octanol–water partition coefficient (Wildman–Crippen LogP) is 2.79. The smallest absolute Gasteiger partial charge is 0.137 e. The van der Waals surface area contributed by atoms with E-state index in [1.165, 1.54) is 0 Å². The highest BCUT2D eigenvalue weighted by Crippen LogP contribution is 2.40. The second-order valence-electron chi connectivity index (χ2n) is 3.49. The molecule has 0 unspecified atom stereocenters. The van der Waals surface area contributed by atoms with Gasteiger partial charge in [-0.15, -0.1) is 0 Å². The number of aliphatic hydroxyl groups excluding tert-OH is 1. The lowest BCUT2D eigenvalue weighted by Gasteiger charge is -2.01. The van der Waals surface area contributed by atoms with Crippen LogP contribution < -0.4 is 0 Å². The Morgan fingerprint density at radius 1 is 1.12 bits per heavy atom. The summed E-state index contributed by atoms with van der Waals surface area (Å²) in [5.41, 5.74) is 2.58. The zero-order valence-corrected chi connectivity index (χ0v) is 8.65. The van der Waals surface area contributed by atoms with E-state index in [9.17, 15) is 5.11 Å². The van der Waals surface area contributed by atoms with Crippen LogP contribution in [0.5, 0.6) is 0 Å². The first-order valence-electron chi connectivity index (χ1n) is 4.75. The molecule has 76 valence electrons. The van der Waals surface area contributed by atoms with Crippen molar-refractivity contribution < 1.29 is 5.11 Å². The van der Waals surface area contributed by atoms with Crippen molar-refractivity contribution >= 4 is 11.3 Å². The molecule has 0 fully saturated rings. The molecular formula is C13H8N2O. The fourth-order valence-electron chi connectivity index (χ4n) is 1.89. The van der Waals surface area contributed by atoms with E-state index in [1.807, 2.05) is 24.3 Å². The first-order chi connectivity index (χ1) is 7.70. The van der Waals surface area contributed by atoms with E-state index < -0.39 is 0 Å². The Balaban J connectivity index is 2.84. The molecule has 3 heteroatoms. The van der Waals surface area contributed by atoms with Gasteiger partial charge in [-0.3, -0.25) is 0 Å². The molecule has 1 N–H and O–H groups in total. The van der Waals surface area contributed by atoms with E-state index in [-0.39, 0.29) is 11.3 Å². The van der Waals surface area contributed by atoms with Crippen molar-refractivity contribution in [2.75, 3.05) is 0 Å². The average Bonchev–Trinajstić information content (AvgIpc) is 2.57. The molecule has 0 atom stereocenters. The predicted molar refractivity (Wildman–Crippen MR) is 59.8 cm³/mol. The molecule has 0 bridgehead atoms. The molecule has 1 aromatic rings. The third kappa shape index (κ3) is 1.20. The molecule has 3 nitrogen and oxygen atoms in total. The van der Waals surface area contributed by atoms with Crippen molar-refractivity contribution in [3.63, 3.8) is 0 Å². The van der Waals surface area contributed by atoms with Crippen LogP contribution in [0.3, 0.4) is 0 Å². The van der Waals surface area contributed by atoms with Crippen LogP contribution in [0, 0.1) is 22.7 Å². The molecule has 0 radical (unpaired) electrons. The molecule has 2 rings (SSSR count). The quantitative estimate of drug-likeness (QED) is 0.666. The fraction of sp³-hybridized carbons (Fsp3) is 0.0769. The minimum Gasteiger partial charge on any atom is -0.507 e. The number of hydrogen-bond acceptors (Lipinski definition) is 3. The normalized spacial score (nSPS) is 13.1. The van der Waals surface area contributed by atoms with Crippen molar-refractivity contribution in [3.05, 3.63) is 46.5 Å². The van der Waals surface area contributed by atoms with Crippen molar-refractivity contribution in [2.45, 2.75) is 6.92 Å². The molecule has 0 heterocycles. The van der Waals surface area contributed by atoms with E-state index in [0.29, 0.717) is 16.7 Å². The summed E-state index contributed by atoms with van der Waals surface area (Å²) in [5.74, 6) is 0.147. The highest BCUT2D eigenvalue weighted by molar-refractivity contribution is 6.00. The summed E-state index contributed by atoms with van der Waals surface area (Å²) in [4.78, 5) is 0. The van der Waals surface area contributed by atoms with Gasteiger partial charge < -0.3 is 5.11 Å². The SMILES string of the molecule is CC1=C(O)c2ccccc2C1=C(C#N)C#N. The van der Waals surface area contributed by atoms with Crippen LogP contribution in [0.25, 0.3) is 11.3 Å². The van der Waals surface area contributed by atoms with Gasteiger partial charge >= 0.3 is 0 Å². The number of benzene rings is 1. The van der Waals surface area contributed by atoms with Gasteiger partial charge in [-0.25, -0.2) is 0 Å². The Morgan fingerprint density at radius 3 is 2.25 bits per heavy atom. The highest BCUT2D eigenvalue weighted by Gasteiger charge is 2.25. The van der Waals surface area contributed by atoms with E-state index in [4.69, 9.17) is 10.5 Å². The maximum absolute atomic E-state index is 9.89. The van der Waals surface area contributed by atoms with Gasteiger partial charge in [0.2, 0.25) is 0 Å². The van der Waals surface area contributed by atoms with Crippen LogP contribution in [0.15, 0.2) is 35.4 Å². The van der Waals surface area contributed by atoms with Gasteiger partial charge in [0, 0.05) is 16.7 Å². The topological polar surface area (TPSA) is 67.8 Å².